The number of sulfone groups is 1. The second-order valence-corrected chi connectivity index (χ2v) is 8.25. The van der Waals surface area contributed by atoms with E-state index in [0.29, 0.717) is 12.2 Å². The summed E-state index contributed by atoms with van der Waals surface area (Å²) in [5, 5.41) is 2.62. The fourth-order valence-corrected chi connectivity index (χ4v) is 4.83. The summed E-state index contributed by atoms with van der Waals surface area (Å²) in [6.45, 7) is 1.14. The molecule has 1 aliphatic heterocycles. The molecule has 1 atom stereocenters. The first-order valence-electron chi connectivity index (χ1n) is 7.59. The molecule has 1 N–H and O–H groups in total. The van der Waals surface area contributed by atoms with Gasteiger partial charge < -0.3 is 19.5 Å². The summed E-state index contributed by atoms with van der Waals surface area (Å²) in [7, 11) is -0.311. The maximum Gasteiger partial charge on any atom is 0.342 e. The van der Waals surface area contributed by atoms with E-state index in [1.165, 1.54) is 20.3 Å². The number of carbonyl (C=O) groups is 2. The van der Waals surface area contributed by atoms with Crippen LogP contribution in [0.5, 0.6) is 11.5 Å². The molecule has 0 spiro atoms. The van der Waals surface area contributed by atoms with Crippen LogP contribution in [0.15, 0.2) is 18.2 Å². The molecular weight excluding hydrogens is 350 g/mol. The number of esters is 1. The van der Waals surface area contributed by atoms with Gasteiger partial charge in [0.2, 0.25) is 0 Å². The Morgan fingerprint density at radius 3 is 2.52 bits per heavy atom. The predicted molar refractivity (Wildman–Crippen MR) is 89.6 cm³/mol. The summed E-state index contributed by atoms with van der Waals surface area (Å²) >= 11 is 0. The van der Waals surface area contributed by atoms with Crippen LogP contribution in [0.25, 0.3) is 0 Å². The van der Waals surface area contributed by atoms with E-state index < -0.39 is 33.9 Å². The number of ether oxygens (including phenoxy) is 3. The molecule has 0 bridgehead atoms. The average molecular weight is 371 g/mol. The number of nitrogens with one attached hydrogen (secondary N) is 1. The van der Waals surface area contributed by atoms with Gasteiger partial charge in [-0.25, -0.2) is 13.2 Å². The van der Waals surface area contributed by atoms with E-state index in [1.807, 2.05) is 0 Å². The van der Waals surface area contributed by atoms with E-state index in [0.717, 1.165) is 0 Å². The number of para-hydroxylation sites is 1. The minimum atomic E-state index is -3.14. The van der Waals surface area contributed by atoms with E-state index in [1.54, 1.807) is 19.1 Å². The van der Waals surface area contributed by atoms with Gasteiger partial charge in [-0.2, -0.15) is 0 Å². The molecule has 8 nitrogen and oxygen atoms in total. The van der Waals surface area contributed by atoms with Crippen molar-refractivity contribution in [2.75, 3.05) is 32.3 Å². The molecule has 0 unspecified atom stereocenters. The van der Waals surface area contributed by atoms with Crippen molar-refractivity contribution in [2.45, 2.75) is 18.9 Å². The SMILES string of the molecule is COc1cccc(C(=O)OCC(=O)N[C@]2(C)CCS(=O)(=O)C2)c1OC. The highest BCUT2D eigenvalue weighted by Gasteiger charge is 2.39. The molecule has 0 aliphatic carbocycles. The molecular formula is C16H21NO7S. The third-order valence-corrected chi connectivity index (χ3v) is 5.80. The highest BCUT2D eigenvalue weighted by molar-refractivity contribution is 7.91. The van der Waals surface area contributed by atoms with Crippen LogP contribution in [0.2, 0.25) is 0 Å². The molecule has 1 fully saturated rings. The Kier molecular flexibility index (Phi) is 5.56. The zero-order chi connectivity index (χ0) is 18.7. The second kappa shape index (κ2) is 7.30. The van der Waals surface area contributed by atoms with E-state index >= 15 is 0 Å². The van der Waals surface area contributed by atoms with E-state index in [4.69, 9.17) is 14.2 Å². The number of hydrogen-bond acceptors (Lipinski definition) is 7. The monoisotopic (exact) mass is 371 g/mol. The minimum Gasteiger partial charge on any atom is -0.493 e. The lowest BCUT2D eigenvalue weighted by Crippen LogP contribution is -2.48. The maximum atomic E-state index is 12.2. The van der Waals surface area contributed by atoms with Crippen LogP contribution in [0.3, 0.4) is 0 Å². The summed E-state index contributed by atoms with van der Waals surface area (Å²) in [5.41, 5.74) is -0.708. The van der Waals surface area contributed by atoms with Gasteiger partial charge in [-0.15, -0.1) is 0 Å². The lowest BCUT2D eigenvalue weighted by molar-refractivity contribution is -0.125. The summed E-state index contributed by atoms with van der Waals surface area (Å²) in [4.78, 5) is 24.2. The number of methoxy groups -OCH3 is 2. The molecule has 1 aromatic rings. The Labute approximate surface area is 146 Å². The summed E-state index contributed by atoms with van der Waals surface area (Å²) in [5.74, 6) is -0.812. The first-order chi connectivity index (χ1) is 11.7. The van der Waals surface area contributed by atoms with Crippen molar-refractivity contribution in [2.24, 2.45) is 0 Å². The Balaban J connectivity index is 1.97. The Morgan fingerprint density at radius 2 is 1.96 bits per heavy atom. The fourth-order valence-electron chi connectivity index (χ4n) is 2.74. The first kappa shape index (κ1) is 19.0. The van der Waals surface area contributed by atoms with E-state index in [-0.39, 0.29) is 22.8 Å². The van der Waals surface area contributed by atoms with E-state index in [9.17, 15) is 18.0 Å². The Morgan fingerprint density at radius 1 is 1.24 bits per heavy atom. The molecule has 138 valence electrons. The number of benzene rings is 1. The molecule has 1 aliphatic rings. The van der Waals surface area contributed by atoms with Gasteiger partial charge in [0.05, 0.1) is 31.3 Å². The quantitative estimate of drug-likeness (QED) is 0.728. The van der Waals surface area contributed by atoms with Gasteiger partial charge in [-0.3, -0.25) is 4.79 Å². The molecule has 1 amide bonds. The van der Waals surface area contributed by atoms with Crippen LogP contribution < -0.4 is 14.8 Å². The predicted octanol–water partition coefficient (Wildman–Crippen LogP) is 0.554. The van der Waals surface area contributed by atoms with Gasteiger partial charge in [0.1, 0.15) is 5.56 Å². The van der Waals surface area contributed by atoms with Gasteiger partial charge in [0.25, 0.3) is 5.91 Å². The van der Waals surface area contributed by atoms with Crippen LogP contribution in [-0.4, -0.2) is 58.2 Å². The van der Waals surface area contributed by atoms with Crippen LogP contribution >= 0.6 is 0 Å². The molecule has 9 heteroatoms. The second-order valence-electron chi connectivity index (χ2n) is 6.07. The molecule has 2 rings (SSSR count). The molecule has 0 radical (unpaired) electrons. The Hall–Kier alpha value is -2.29. The van der Waals surface area contributed by atoms with Crippen molar-refractivity contribution in [1.82, 2.24) is 5.32 Å². The number of amides is 1. The smallest absolute Gasteiger partial charge is 0.342 e. The molecule has 1 aromatic carbocycles. The van der Waals surface area contributed by atoms with Crippen molar-refractivity contribution in [3.63, 3.8) is 0 Å². The minimum absolute atomic E-state index is 0.0323. The standard InChI is InChI=1S/C16H21NO7S/c1-16(7-8-25(20,21)10-16)17-13(18)9-24-15(19)11-5-4-6-12(22-2)14(11)23-3/h4-6H,7-10H2,1-3H3,(H,17,18)/t16-/m1/s1. The number of rotatable bonds is 6. The average Bonchev–Trinajstić information content (AvgIpc) is 2.84. The first-order valence-corrected chi connectivity index (χ1v) is 9.41. The Bertz CT molecular complexity index is 775. The van der Waals surface area contributed by atoms with Crippen LogP contribution in [0.4, 0.5) is 0 Å². The molecule has 1 heterocycles. The summed E-state index contributed by atoms with van der Waals surface area (Å²) in [6.07, 6.45) is 0.332. The topological polar surface area (TPSA) is 108 Å². The van der Waals surface area contributed by atoms with Gasteiger partial charge in [-0.1, -0.05) is 6.07 Å². The number of carbonyl (C=O) groups excluding carboxylic acids is 2. The van der Waals surface area contributed by atoms with Crippen molar-refractivity contribution in [1.29, 1.82) is 0 Å². The van der Waals surface area contributed by atoms with Gasteiger partial charge >= 0.3 is 5.97 Å². The summed E-state index contributed by atoms with van der Waals surface area (Å²) in [6, 6.07) is 4.72. The molecule has 1 saturated heterocycles. The zero-order valence-corrected chi connectivity index (χ0v) is 15.1. The highest BCUT2D eigenvalue weighted by atomic mass is 32.2. The van der Waals surface area contributed by atoms with Crippen molar-refractivity contribution in [3.8, 4) is 11.5 Å². The van der Waals surface area contributed by atoms with Gasteiger partial charge in [0, 0.05) is 0 Å². The lowest BCUT2D eigenvalue weighted by Gasteiger charge is -2.23. The van der Waals surface area contributed by atoms with Gasteiger partial charge in [0.15, 0.2) is 27.9 Å². The zero-order valence-electron chi connectivity index (χ0n) is 14.3. The van der Waals surface area contributed by atoms with Crippen molar-refractivity contribution >= 4 is 21.7 Å². The third kappa shape index (κ3) is 4.62. The molecule has 25 heavy (non-hydrogen) atoms. The van der Waals surface area contributed by atoms with Gasteiger partial charge in [-0.05, 0) is 25.5 Å². The fraction of sp³-hybridized carbons (Fsp3) is 0.500. The summed E-state index contributed by atoms with van der Waals surface area (Å²) < 4.78 is 38.4. The van der Waals surface area contributed by atoms with Crippen LogP contribution in [0, 0.1) is 0 Å². The highest BCUT2D eigenvalue weighted by Crippen LogP contribution is 2.31. The number of hydrogen-bond donors (Lipinski definition) is 1. The molecule has 0 aromatic heterocycles. The van der Waals surface area contributed by atoms with Crippen molar-refractivity contribution < 1.29 is 32.2 Å². The normalized spacial score (nSPS) is 21.4. The third-order valence-electron chi connectivity index (χ3n) is 3.90. The largest absolute Gasteiger partial charge is 0.493 e. The van der Waals surface area contributed by atoms with Crippen LogP contribution in [0.1, 0.15) is 23.7 Å². The molecule has 0 saturated carbocycles. The van der Waals surface area contributed by atoms with E-state index in [2.05, 4.69) is 5.32 Å². The lowest BCUT2D eigenvalue weighted by atomic mass is 10.0. The van der Waals surface area contributed by atoms with Crippen LogP contribution in [-0.2, 0) is 19.4 Å². The van der Waals surface area contributed by atoms with Crippen molar-refractivity contribution in [3.05, 3.63) is 23.8 Å². The maximum absolute atomic E-state index is 12.2.